The van der Waals surface area contributed by atoms with Crippen LogP contribution in [-0.4, -0.2) is 11.3 Å². The number of rotatable bonds is 0. The van der Waals surface area contributed by atoms with E-state index in [2.05, 4.69) is 168 Å². The average molecular weight is 677 g/mol. The molecule has 0 amide bonds. The van der Waals surface area contributed by atoms with E-state index in [0.29, 0.717) is 0 Å². The van der Waals surface area contributed by atoms with Gasteiger partial charge < -0.3 is 9.38 Å². The SMILES string of the molecule is CC(C)(C)c1ccc2c(c1)c1cc(C(C)(C)C)cc3c1n2B1c2cccc4c2N(c2ccccc2C4(C)C)c2c1c-3cc1c2sc2ccccc21. The lowest BCUT2D eigenvalue weighted by Crippen LogP contribution is -2.58. The number of thiophene rings is 1. The second kappa shape index (κ2) is 9.35. The Kier molecular flexibility index (Phi) is 5.48. The molecule has 0 radical (unpaired) electrons. The highest BCUT2D eigenvalue weighted by Crippen LogP contribution is 2.57. The van der Waals surface area contributed by atoms with E-state index in [1.807, 2.05) is 11.3 Å². The normalized spacial score (nSPS) is 15.5. The van der Waals surface area contributed by atoms with Gasteiger partial charge in [0.25, 0.3) is 0 Å². The topological polar surface area (TPSA) is 8.17 Å². The van der Waals surface area contributed by atoms with Crippen molar-refractivity contribution in [1.29, 1.82) is 0 Å². The maximum Gasteiger partial charge on any atom is 0.333 e. The van der Waals surface area contributed by atoms with Crippen LogP contribution in [0.4, 0.5) is 17.1 Å². The van der Waals surface area contributed by atoms with Crippen molar-refractivity contribution in [2.75, 3.05) is 4.90 Å². The predicted octanol–water partition coefficient (Wildman–Crippen LogP) is 11.8. The minimum Gasteiger partial charge on any atom is -0.375 e. The van der Waals surface area contributed by atoms with Gasteiger partial charge in [-0.1, -0.05) is 116 Å². The molecule has 0 saturated carbocycles. The molecule has 0 bridgehead atoms. The second-order valence-corrected chi connectivity index (χ2v) is 18.9. The fourth-order valence-electron chi connectivity index (χ4n) is 9.79. The summed E-state index contributed by atoms with van der Waals surface area (Å²) in [6, 6.07) is 40.3. The Hall–Kier alpha value is -4.80. The van der Waals surface area contributed by atoms with Gasteiger partial charge in [-0.2, -0.15) is 0 Å². The third-order valence-corrected chi connectivity index (χ3v) is 13.6. The number of hydrogen-bond acceptors (Lipinski definition) is 2. The van der Waals surface area contributed by atoms with E-state index in [1.165, 1.54) is 103 Å². The molecule has 2 nitrogen and oxygen atoms in total. The van der Waals surface area contributed by atoms with Crippen molar-refractivity contribution in [2.24, 2.45) is 0 Å². The lowest BCUT2D eigenvalue weighted by Gasteiger charge is -2.48. The molecule has 4 heteroatoms. The molecule has 5 heterocycles. The van der Waals surface area contributed by atoms with Crippen LogP contribution in [0.2, 0.25) is 0 Å². The molecule has 0 aliphatic carbocycles. The first-order chi connectivity index (χ1) is 24.3. The van der Waals surface area contributed by atoms with Gasteiger partial charge in [0.2, 0.25) is 0 Å². The Morgan fingerprint density at radius 1 is 0.608 bits per heavy atom. The Bertz CT molecular complexity index is 2870. The zero-order valence-corrected chi connectivity index (χ0v) is 31.5. The molecule has 3 aliphatic rings. The predicted molar refractivity (Wildman–Crippen MR) is 222 cm³/mol. The molecule has 0 fully saturated rings. The van der Waals surface area contributed by atoms with Crippen molar-refractivity contribution >= 4 is 88.2 Å². The fourth-order valence-corrected chi connectivity index (χ4v) is 11.0. The molecule has 11 rings (SSSR count). The van der Waals surface area contributed by atoms with Crippen LogP contribution in [0.15, 0.2) is 103 Å². The molecule has 248 valence electrons. The van der Waals surface area contributed by atoms with Crippen molar-refractivity contribution in [3.8, 4) is 11.1 Å². The summed E-state index contributed by atoms with van der Waals surface area (Å²) in [5.41, 5.74) is 17.8. The monoisotopic (exact) mass is 676 g/mol. The number of aromatic nitrogens is 1. The number of hydrogen-bond donors (Lipinski definition) is 0. The third kappa shape index (κ3) is 3.64. The van der Waals surface area contributed by atoms with E-state index in [9.17, 15) is 0 Å². The van der Waals surface area contributed by atoms with Gasteiger partial charge in [0.05, 0.1) is 16.1 Å². The number of benzene rings is 6. The van der Waals surface area contributed by atoms with Gasteiger partial charge in [0.1, 0.15) is 0 Å². The molecule has 8 aromatic rings. The molecule has 3 aliphatic heterocycles. The van der Waals surface area contributed by atoms with Crippen LogP contribution in [0.1, 0.15) is 77.6 Å². The summed E-state index contributed by atoms with van der Waals surface area (Å²) in [5.74, 6) is 0. The van der Waals surface area contributed by atoms with Gasteiger partial charge in [0.15, 0.2) is 0 Å². The summed E-state index contributed by atoms with van der Waals surface area (Å²) in [4.78, 5) is 2.68. The average Bonchev–Trinajstić information content (AvgIpc) is 3.64. The molecule has 0 atom stereocenters. The van der Waals surface area contributed by atoms with Crippen LogP contribution in [0.3, 0.4) is 0 Å². The lowest BCUT2D eigenvalue weighted by atomic mass is 9.44. The zero-order valence-electron chi connectivity index (χ0n) is 30.7. The van der Waals surface area contributed by atoms with E-state index < -0.39 is 0 Å². The summed E-state index contributed by atoms with van der Waals surface area (Å²) < 4.78 is 5.47. The molecule has 0 saturated heterocycles. The Morgan fingerprint density at radius 3 is 2.14 bits per heavy atom. The lowest BCUT2D eigenvalue weighted by molar-refractivity contribution is 0.590. The number of nitrogens with zero attached hydrogens (tertiary/aromatic N) is 2. The number of para-hydroxylation sites is 2. The first kappa shape index (κ1) is 29.9. The minimum absolute atomic E-state index is 0.00423. The summed E-state index contributed by atoms with van der Waals surface area (Å²) in [5, 5.41) is 5.45. The van der Waals surface area contributed by atoms with E-state index in [4.69, 9.17) is 0 Å². The van der Waals surface area contributed by atoms with Crippen LogP contribution >= 0.6 is 11.3 Å². The van der Waals surface area contributed by atoms with E-state index >= 15 is 0 Å². The maximum absolute atomic E-state index is 2.74. The van der Waals surface area contributed by atoms with Crippen LogP contribution in [0.25, 0.3) is 53.1 Å². The molecule has 2 aromatic heterocycles. The van der Waals surface area contributed by atoms with Crippen LogP contribution < -0.4 is 15.8 Å². The van der Waals surface area contributed by atoms with Crippen molar-refractivity contribution < 1.29 is 0 Å². The highest BCUT2D eigenvalue weighted by atomic mass is 32.1. The third-order valence-electron chi connectivity index (χ3n) is 12.4. The molecule has 0 unspecified atom stereocenters. The quantitative estimate of drug-likeness (QED) is 0.145. The molecular formula is C47H41BN2S. The van der Waals surface area contributed by atoms with E-state index in [0.717, 1.165) is 0 Å². The van der Waals surface area contributed by atoms with Gasteiger partial charge in [-0.15, -0.1) is 11.3 Å². The number of anilines is 3. The molecule has 0 spiro atoms. The standard InChI is InChI=1S/C47H41BN2S/c1-45(2,3)26-20-21-37-29(22-26)31-23-27(46(4,5)6)24-32-30-25-33-28-14-9-12-19-39(28)51-44(33)43-40(30)48(50(37)41(31)32)36-17-13-16-35-42(36)49(43)38-18-11-10-15-34(38)47(35,7)8/h9-25H,1-8H3. The van der Waals surface area contributed by atoms with Gasteiger partial charge in [-0.05, 0) is 92.0 Å². The summed E-state index contributed by atoms with van der Waals surface area (Å²) in [6.45, 7) is 19.0. The van der Waals surface area contributed by atoms with E-state index in [-0.39, 0.29) is 23.1 Å². The molecular weight excluding hydrogens is 635 g/mol. The van der Waals surface area contributed by atoms with E-state index in [1.54, 1.807) is 0 Å². The molecule has 6 aromatic carbocycles. The second-order valence-electron chi connectivity index (χ2n) is 17.8. The number of fused-ring (bicyclic) bond motifs is 13. The van der Waals surface area contributed by atoms with Crippen LogP contribution in [0, 0.1) is 0 Å². The van der Waals surface area contributed by atoms with Crippen molar-refractivity contribution in [1.82, 2.24) is 4.48 Å². The Morgan fingerprint density at radius 2 is 1.33 bits per heavy atom. The first-order valence-corrected chi connectivity index (χ1v) is 19.3. The fraction of sp³-hybridized carbons (Fsp3) is 0.234. The highest BCUT2D eigenvalue weighted by Gasteiger charge is 2.49. The van der Waals surface area contributed by atoms with Crippen molar-refractivity contribution in [2.45, 2.75) is 71.6 Å². The molecule has 0 N–H and O–H groups in total. The van der Waals surface area contributed by atoms with Gasteiger partial charge in [0, 0.05) is 53.9 Å². The Balaban J connectivity index is 1.40. The van der Waals surface area contributed by atoms with Gasteiger partial charge in [-0.25, -0.2) is 0 Å². The smallest absolute Gasteiger partial charge is 0.333 e. The molecule has 51 heavy (non-hydrogen) atoms. The van der Waals surface area contributed by atoms with Crippen LogP contribution in [-0.2, 0) is 16.2 Å². The van der Waals surface area contributed by atoms with Crippen molar-refractivity contribution in [3.05, 3.63) is 125 Å². The summed E-state index contributed by atoms with van der Waals surface area (Å²) in [6.07, 6.45) is 0. The largest absolute Gasteiger partial charge is 0.375 e. The summed E-state index contributed by atoms with van der Waals surface area (Å²) >= 11 is 1.96. The van der Waals surface area contributed by atoms with Crippen molar-refractivity contribution in [3.63, 3.8) is 0 Å². The Labute approximate surface area is 304 Å². The van der Waals surface area contributed by atoms with Crippen LogP contribution in [0.5, 0.6) is 0 Å². The zero-order chi connectivity index (χ0) is 34.9. The maximum atomic E-state index is 2.74. The highest BCUT2D eigenvalue weighted by molar-refractivity contribution is 7.26. The van der Waals surface area contributed by atoms with Gasteiger partial charge >= 0.3 is 6.85 Å². The van der Waals surface area contributed by atoms with Gasteiger partial charge in [-0.3, -0.25) is 0 Å². The first-order valence-electron chi connectivity index (χ1n) is 18.5. The minimum atomic E-state index is -0.142. The summed E-state index contributed by atoms with van der Waals surface area (Å²) in [7, 11) is 0.